The molecule has 2 atom stereocenters. The molecule has 1 aliphatic rings. The highest BCUT2D eigenvalue weighted by Crippen LogP contribution is 2.30. The normalized spacial score (nSPS) is 16.8. The maximum atomic E-state index is 12.9. The average Bonchev–Trinajstić information content (AvgIpc) is 3.40. The number of amides is 1. The molecule has 3 aromatic rings. The molecule has 0 saturated carbocycles. The van der Waals surface area contributed by atoms with E-state index in [1.54, 1.807) is 23.2 Å². The maximum absolute atomic E-state index is 12.9. The quantitative estimate of drug-likeness (QED) is 0.617. The van der Waals surface area contributed by atoms with E-state index in [4.69, 9.17) is 17.9 Å². The Morgan fingerprint density at radius 1 is 1.37 bits per heavy atom. The Morgan fingerprint density at radius 3 is 3.03 bits per heavy atom. The number of H-pyrrole nitrogens is 1. The third-order valence-corrected chi connectivity index (χ3v) is 5.41. The van der Waals surface area contributed by atoms with Crippen LogP contribution in [0.15, 0.2) is 42.7 Å². The molecule has 7 heteroatoms. The number of ether oxygens (including phenoxy) is 1. The van der Waals surface area contributed by atoms with Gasteiger partial charge < -0.3 is 9.72 Å². The Morgan fingerprint density at radius 2 is 2.23 bits per heavy atom. The molecular weight excluding hydrogens is 378 g/mol. The van der Waals surface area contributed by atoms with Crippen molar-refractivity contribution in [3.63, 3.8) is 0 Å². The number of likely N-dealkylation sites (tertiary alicyclic amines) is 1. The van der Waals surface area contributed by atoms with Gasteiger partial charge in [0.15, 0.2) is 5.69 Å². The molecule has 0 unspecified atom stereocenters. The van der Waals surface area contributed by atoms with Crippen molar-refractivity contribution in [3.8, 4) is 11.6 Å². The lowest BCUT2D eigenvalue weighted by Crippen LogP contribution is -2.38. The number of aromatic nitrogens is 2. The summed E-state index contributed by atoms with van der Waals surface area (Å²) in [6.07, 6.45) is 5.38. The van der Waals surface area contributed by atoms with Gasteiger partial charge in [-0.3, -0.25) is 14.5 Å². The van der Waals surface area contributed by atoms with Crippen molar-refractivity contribution in [2.24, 2.45) is 5.92 Å². The van der Waals surface area contributed by atoms with Gasteiger partial charge in [-0.05, 0) is 42.7 Å². The van der Waals surface area contributed by atoms with Gasteiger partial charge >= 0.3 is 6.17 Å². The molecule has 30 heavy (non-hydrogen) atoms. The van der Waals surface area contributed by atoms with Crippen LogP contribution in [0.2, 0.25) is 0 Å². The van der Waals surface area contributed by atoms with Crippen molar-refractivity contribution in [1.82, 2.24) is 14.9 Å². The molecule has 0 aliphatic carbocycles. The molecule has 3 heterocycles. The van der Waals surface area contributed by atoms with Gasteiger partial charge in [-0.1, -0.05) is 6.92 Å². The molecule has 1 amide bonds. The first-order valence-corrected chi connectivity index (χ1v) is 9.87. The van der Waals surface area contributed by atoms with Crippen LogP contribution in [0.3, 0.4) is 0 Å². The van der Waals surface area contributed by atoms with E-state index < -0.39 is 0 Å². The number of rotatable bonds is 5. The van der Waals surface area contributed by atoms with E-state index in [9.17, 15) is 4.79 Å². The van der Waals surface area contributed by atoms with Crippen LogP contribution < -0.4 is 4.74 Å². The van der Waals surface area contributed by atoms with Gasteiger partial charge in [0, 0.05) is 48.2 Å². The molecule has 0 spiro atoms. The smallest absolute Gasteiger partial charge is 0.300 e. The van der Waals surface area contributed by atoms with Crippen LogP contribution in [0.25, 0.3) is 20.6 Å². The van der Waals surface area contributed by atoms with Crippen LogP contribution in [0.4, 0.5) is 5.69 Å². The second-order valence-corrected chi connectivity index (χ2v) is 7.48. The standard InChI is InChI=1S/C23H21N5O2/c1-15(23(29)28-10-4-5-21(28)25-3)11-16-14-27-20-7-6-18(13-19(16)20)30-22-12-17(24-2)8-9-26-22/h6-9,12-15,21,27H,4-5,10-11H2,1H3/t15-,21-/m0/s1. The fraction of sp³-hybridized carbons (Fsp3) is 0.304. The van der Waals surface area contributed by atoms with E-state index in [0.29, 0.717) is 30.3 Å². The van der Waals surface area contributed by atoms with Gasteiger partial charge in [-0.2, -0.15) is 0 Å². The minimum Gasteiger partial charge on any atom is -0.440 e. The summed E-state index contributed by atoms with van der Waals surface area (Å²) < 4.78 is 5.84. The Kier molecular flexibility index (Phi) is 5.36. The number of benzene rings is 1. The van der Waals surface area contributed by atoms with Gasteiger partial charge in [0.25, 0.3) is 0 Å². The zero-order chi connectivity index (χ0) is 21.1. The summed E-state index contributed by atoms with van der Waals surface area (Å²) >= 11 is 0. The highest BCUT2D eigenvalue weighted by atomic mass is 16.5. The van der Waals surface area contributed by atoms with Gasteiger partial charge in [-0.15, -0.1) is 0 Å². The first-order chi connectivity index (χ1) is 14.6. The third kappa shape index (κ3) is 3.83. The zero-order valence-corrected chi connectivity index (χ0v) is 16.6. The second-order valence-electron chi connectivity index (χ2n) is 7.48. The molecule has 0 bridgehead atoms. The Labute approximate surface area is 174 Å². The number of aromatic amines is 1. The number of hydrogen-bond acceptors (Lipinski definition) is 3. The zero-order valence-electron chi connectivity index (χ0n) is 16.6. The van der Waals surface area contributed by atoms with E-state index >= 15 is 0 Å². The minimum absolute atomic E-state index is 0.0374. The number of nitrogens with one attached hydrogen (secondary N) is 1. The Bertz CT molecular complexity index is 1170. The average molecular weight is 399 g/mol. The number of hydrogen-bond donors (Lipinski definition) is 1. The highest BCUT2D eigenvalue weighted by molar-refractivity contribution is 5.86. The predicted molar refractivity (Wildman–Crippen MR) is 113 cm³/mol. The fourth-order valence-electron chi connectivity index (χ4n) is 3.88. The third-order valence-electron chi connectivity index (χ3n) is 5.41. The number of pyridine rings is 1. The lowest BCUT2D eigenvalue weighted by molar-refractivity contribution is -0.135. The van der Waals surface area contributed by atoms with E-state index in [-0.39, 0.29) is 18.0 Å². The van der Waals surface area contributed by atoms with E-state index in [0.717, 1.165) is 29.3 Å². The van der Waals surface area contributed by atoms with Crippen LogP contribution in [0, 0.1) is 19.1 Å². The molecule has 0 radical (unpaired) electrons. The first-order valence-electron chi connectivity index (χ1n) is 9.87. The topological polar surface area (TPSA) is 66.9 Å². The van der Waals surface area contributed by atoms with Crippen LogP contribution in [-0.4, -0.2) is 33.5 Å². The lowest BCUT2D eigenvalue weighted by atomic mass is 9.99. The molecule has 1 aromatic carbocycles. The lowest BCUT2D eigenvalue weighted by Gasteiger charge is -2.20. The number of fused-ring (bicyclic) bond motifs is 1. The largest absolute Gasteiger partial charge is 0.440 e. The van der Waals surface area contributed by atoms with Crippen molar-refractivity contribution in [2.45, 2.75) is 32.4 Å². The highest BCUT2D eigenvalue weighted by Gasteiger charge is 2.35. The van der Waals surface area contributed by atoms with Crippen LogP contribution in [-0.2, 0) is 11.2 Å². The summed E-state index contributed by atoms with van der Waals surface area (Å²) in [4.78, 5) is 29.0. The molecule has 1 N–H and O–H groups in total. The first kappa shape index (κ1) is 19.5. The maximum Gasteiger partial charge on any atom is 0.300 e. The van der Waals surface area contributed by atoms with Crippen molar-refractivity contribution in [3.05, 3.63) is 71.1 Å². The Balaban J connectivity index is 1.53. The molecule has 2 aromatic heterocycles. The van der Waals surface area contributed by atoms with Crippen LogP contribution in [0.1, 0.15) is 25.3 Å². The summed E-state index contributed by atoms with van der Waals surface area (Å²) in [5.41, 5.74) is 2.45. The van der Waals surface area contributed by atoms with Gasteiger partial charge in [-0.25, -0.2) is 16.4 Å². The van der Waals surface area contributed by atoms with E-state index in [1.165, 1.54) is 0 Å². The summed E-state index contributed by atoms with van der Waals surface area (Å²) in [5.74, 6) is 0.802. The minimum atomic E-state index is -0.318. The van der Waals surface area contributed by atoms with Crippen LogP contribution in [0.5, 0.6) is 11.6 Å². The molecular formula is C23H21N5O2. The Hall–Kier alpha value is -3.84. The molecule has 1 fully saturated rings. The number of carbonyl (C=O) groups is 1. The van der Waals surface area contributed by atoms with E-state index in [1.807, 2.05) is 31.3 Å². The predicted octanol–water partition coefficient (Wildman–Crippen LogP) is 4.95. The van der Waals surface area contributed by atoms with Gasteiger partial charge in [0.05, 0.1) is 6.57 Å². The summed E-state index contributed by atoms with van der Waals surface area (Å²) in [6, 6.07) is 8.91. The molecule has 1 aliphatic heterocycles. The molecule has 1 saturated heterocycles. The monoisotopic (exact) mass is 399 g/mol. The van der Waals surface area contributed by atoms with Crippen molar-refractivity contribution in [2.75, 3.05) is 6.54 Å². The number of carbonyl (C=O) groups excluding carboxylic acids is 1. The SMILES string of the molecule is [C-]#[N+]c1ccnc(Oc2ccc3[nH]cc(C[C@H](C)C(=O)N4CCC[C@H]4[N+]#[C-])c3c2)c1. The number of nitrogens with zero attached hydrogens (tertiary/aromatic N) is 4. The second kappa shape index (κ2) is 8.26. The van der Waals surface area contributed by atoms with E-state index in [2.05, 4.69) is 19.7 Å². The summed E-state index contributed by atoms with van der Waals surface area (Å²) in [6.45, 7) is 17.0. The van der Waals surface area contributed by atoms with Gasteiger partial charge in [0.2, 0.25) is 11.8 Å². The van der Waals surface area contributed by atoms with Gasteiger partial charge in [0.1, 0.15) is 5.75 Å². The summed E-state index contributed by atoms with van der Waals surface area (Å²) in [5, 5.41) is 0.983. The van der Waals surface area contributed by atoms with Crippen molar-refractivity contribution < 1.29 is 9.53 Å². The molecule has 7 nitrogen and oxygen atoms in total. The fourth-order valence-corrected chi connectivity index (χ4v) is 3.88. The van der Waals surface area contributed by atoms with Crippen LogP contribution >= 0.6 is 0 Å². The molecule has 150 valence electrons. The van der Waals surface area contributed by atoms with Crippen molar-refractivity contribution >= 4 is 22.5 Å². The summed E-state index contributed by atoms with van der Waals surface area (Å²) in [7, 11) is 0. The van der Waals surface area contributed by atoms with Crippen molar-refractivity contribution in [1.29, 1.82) is 0 Å². The molecule has 4 rings (SSSR count).